The first-order valence-corrected chi connectivity index (χ1v) is 9.85. The Morgan fingerprint density at radius 2 is 2.11 bits per heavy atom. The summed E-state index contributed by atoms with van der Waals surface area (Å²) in [6.45, 7) is 6.01. The van der Waals surface area contributed by atoms with Gasteiger partial charge in [0, 0.05) is 38.4 Å². The van der Waals surface area contributed by atoms with Crippen LogP contribution in [0.2, 0.25) is 0 Å². The molecule has 3 heterocycles. The van der Waals surface area contributed by atoms with Gasteiger partial charge in [-0.2, -0.15) is 4.98 Å². The molecule has 2 aromatic heterocycles. The van der Waals surface area contributed by atoms with Crippen molar-refractivity contribution >= 4 is 22.8 Å². The third kappa shape index (κ3) is 4.20. The lowest BCUT2D eigenvalue weighted by Gasteiger charge is -2.32. The van der Waals surface area contributed by atoms with Crippen LogP contribution in [0.1, 0.15) is 25.3 Å². The van der Waals surface area contributed by atoms with Gasteiger partial charge in [-0.3, -0.25) is 9.88 Å². The first-order chi connectivity index (χ1) is 13.7. The van der Waals surface area contributed by atoms with E-state index in [1.807, 2.05) is 12.1 Å². The molecule has 0 bridgehead atoms. The lowest BCUT2D eigenvalue weighted by Crippen LogP contribution is -2.38. The molecule has 1 saturated heterocycles. The zero-order valence-corrected chi connectivity index (χ0v) is 16.4. The monoisotopic (exact) mass is 381 g/mol. The number of fused-ring (bicyclic) bond motifs is 1. The van der Waals surface area contributed by atoms with Gasteiger partial charge in [0.1, 0.15) is 11.3 Å². The van der Waals surface area contributed by atoms with E-state index in [1.54, 1.807) is 19.5 Å². The zero-order valence-electron chi connectivity index (χ0n) is 16.4. The van der Waals surface area contributed by atoms with Crippen molar-refractivity contribution in [1.29, 1.82) is 0 Å². The Morgan fingerprint density at radius 3 is 2.86 bits per heavy atom. The fraction of sp³-hybridized carbons (Fsp3) is 0.429. The van der Waals surface area contributed by atoms with E-state index in [0.717, 1.165) is 61.6 Å². The van der Waals surface area contributed by atoms with Gasteiger partial charge in [-0.05, 0) is 43.5 Å². The van der Waals surface area contributed by atoms with Gasteiger partial charge < -0.3 is 19.8 Å². The maximum atomic E-state index is 5.73. The Bertz CT molecular complexity index is 885. The fourth-order valence-electron chi connectivity index (χ4n) is 3.69. The van der Waals surface area contributed by atoms with E-state index in [0.29, 0.717) is 12.1 Å². The summed E-state index contributed by atoms with van der Waals surface area (Å²) in [6, 6.07) is 9.22. The molecular formula is C21H27N5O2. The lowest BCUT2D eigenvalue weighted by molar-refractivity contribution is 0.210. The number of ether oxygens (including phenoxy) is 1. The third-order valence-corrected chi connectivity index (χ3v) is 5.14. The van der Waals surface area contributed by atoms with Gasteiger partial charge in [-0.1, -0.05) is 6.07 Å². The SMILES string of the molecule is CCNc1cc(CN2CCC(Nc3nc4ccncc4o3)CC2)ccc1OC. The molecule has 0 spiro atoms. The molecule has 1 aliphatic rings. The van der Waals surface area contributed by atoms with E-state index in [4.69, 9.17) is 9.15 Å². The van der Waals surface area contributed by atoms with Crippen LogP contribution >= 0.6 is 0 Å². The van der Waals surface area contributed by atoms with Crippen molar-refractivity contribution in [2.75, 3.05) is 37.4 Å². The number of methoxy groups -OCH3 is 1. The minimum absolute atomic E-state index is 0.380. The van der Waals surface area contributed by atoms with Gasteiger partial charge in [0.15, 0.2) is 5.58 Å². The number of piperidine rings is 1. The molecule has 1 aromatic carbocycles. The molecule has 0 atom stereocenters. The van der Waals surface area contributed by atoms with Crippen LogP contribution in [0.4, 0.5) is 11.7 Å². The van der Waals surface area contributed by atoms with E-state index in [9.17, 15) is 0 Å². The molecule has 7 heteroatoms. The summed E-state index contributed by atoms with van der Waals surface area (Å²) in [5, 5.41) is 6.81. The van der Waals surface area contributed by atoms with Crippen molar-refractivity contribution < 1.29 is 9.15 Å². The molecule has 7 nitrogen and oxygen atoms in total. The van der Waals surface area contributed by atoms with E-state index in [2.05, 4.69) is 44.6 Å². The molecule has 148 valence electrons. The highest BCUT2D eigenvalue weighted by atomic mass is 16.5. The summed E-state index contributed by atoms with van der Waals surface area (Å²) in [7, 11) is 1.71. The third-order valence-electron chi connectivity index (χ3n) is 5.14. The smallest absolute Gasteiger partial charge is 0.295 e. The highest BCUT2D eigenvalue weighted by Gasteiger charge is 2.21. The summed E-state index contributed by atoms with van der Waals surface area (Å²) < 4.78 is 11.2. The van der Waals surface area contributed by atoms with Crippen LogP contribution in [0.3, 0.4) is 0 Å². The van der Waals surface area contributed by atoms with Crippen LogP contribution in [0.15, 0.2) is 41.1 Å². The topological polar surface area (TPSA) is 75.5 Å². The summed E-state index contributed by atoms with van der Waals surface area (Å²) in [4.78, 5) is 11.0. The number of rotatable bonds is 7. The number of benzene rings is 1. The molecule has 0 saturated carbocycles. The number of aromatic nitrogens is 2. The highest BCUT2D eigenvalue weighted by Crippen LogP contribution is 2.27. The number of likely N-dealkylation sites (tertiary alicyclic amines) is 1. The van der Waals surface area contributed by atoms with Crippen molar-refractivity contribution in [3.8, 4) is 5.75 Å². The number of hydrogen-bond acceptors (Lipinski definition) is 7. The summed E-state index contributed by atoms with van der Waals surface area (Å²) in [5.74, 6) is 0.891. The first kappa shape index (κ1) is 18.6. The quantitative estimate of drug-likeness (QED) is 0.646. The molecule has 0 amide bonds. The molecular weight excluding hydrogens is 354 g/mol. The lowest BCUT2D eigenvalue weighted by atomic mass is 10.0. The van der Waals surface area contributed by atoms with Gasteiger partial charge in [0.05, 0.1) is 19.0 Å². The average Bonchev–Trinajstić information content (AvgIpc) is 3.12. The van der Waals surface area contributed by atoms with Gasteiger partial charge in [-0.25, -0.2) is 0 Å². The van der Waals surface area contributed by atoms with Crippen molar-refractivity contribution in [1.82, 2.24) is 14.9 Å². The second-order valence-electron chi connectivity index (χ2n) is 7.12. The van der Waals surface area contributed by atoms with E-state index < -0.39 is 0 Å². The molecule has 0 unspecified atom stereocenters. The van der Waals surface area contributed by atoms with Crippen LogP contribution in [-0.4, -0.2) is 47.7 Å². The minimum atomic E-state index is 0.380. The van der Waals surface area contributed by atoms with Gasteiger partial charge in [0.25, 0.3) is 6.01 Å². The summed E-state index contributed by atoms with van der Waals surface area (Å²) in [6.07, 6.45) is 5.56. The molecule has 3 aromatic rings. The number of hydrogen-bond donors (Lipinski definition) is 2. The molecule has 2 N–H and O–H groups in total. The highest BCUT2D eigenvalue weighted by molar-refractivity contribution is 5.72. The Balaban J connectivity index is 1.32. The predicted octanol–water partition coefficient (Wildman–Crippen LogP) is 3.74. The van der Waals surface area contributed by atoms with Crippen LogP contribution < -0.4 is 15.4 Å². The number of pyridine rings is 1. The maximum absolute atomic E-state index is 5.73. The van der Waals surface area contributed by atoms with Crippen molar-refractivity contribution in [2.45, 2.75) is 32.4 Å². The van der Waals surface area contributed by atoms with Crippen molar-refractivity contribution in [3.63, 3.8) is 0 Å². The Kier molecular flexibility index (Phi) is 5.62. The Hall–Kier alpha value is -2.80. The van der Waals surface area contributed by atoms with E-state index in [-0.39, 0.29) is 0 Å². The van der Waals surface area contributed by atoms with Crippen LogP contribution in [0.25, 0.3) is 11.1 Å². The number of anilines is 2. The standard InChI is InChI=1S/C21H27N5O2/c1-3-23-18-12-15(4-5-19(18)27-2)14-26-10-7-16(8-11-26)24-21-25-17-6-9-22-13-20(17)28-21/h4-6,9,12-13,16,23H,3,7-8,10-11,14H2,1-2H3,(H,24,25). The maximum Gasteiger partial charge on any atom is 0.295 e. The normalized spacial score (nSPS) is 15.6. The van der Waals surface area contributed by atoms with Gasteiger partial charge in [0.2, 0.25) is 0 Å². The predicted molar refractivity (Wildman–Crippen MR) is 111 cm³/mol. The largest absolute Gasteiger partial charge is 0.495 e. The Labute approximate surface area is 165 Å². The number of nitrogens with zero attached hydrogens (tertiary/aromatic N) is 3. The van der Waals surface area contributed by atoms with E-state index in [1.165, 1.54) is 5.56 Å². The molecule has 4 rings (SSSR count). The molecule has 0 aliphatic carbocycles. The molecule has 0 radical (unpaired) electrons. The second kappa shape index (κ2) is 8.48. The summed E-state index contributed by atoms with van der Waals surface area (Å²) in [5.41, 5.74) is 3.92. The minimum Gasteiger partial charge on any atom is -0.495 e. The number of nitrogens with one attached hydrogen (secondary N) is 2. The molecule has 1 aliphatic heterocycles. The van der Waals surface area contributed by atoms with Crippen LogP contribution in [-0.2, 0) is 6.54 Å². The van der Waals surface area contributed by atoms with E-state index >= 15 is 0 Å². The van der Waals surface area contributed by atoms with Gasteiger partial charge in [-0.15, -0.1) is 0 Å². The van der Waals surface area contributed by atoms with Gasteiger partial charge >= 0.3 is 0 Å². The van der Waals surface area contributed by atoms with Crippen molar-refractivity contribution in [3.05, 3.63) is 42.2 Å². The fourth-order valence-corrected chi connectivity index (χ4v) is 3.69. The second-order valence-corrected chi connectivity index (χ2v) is 7.12. The zero-order chi connectivity index (χ0) is 19.3. The number of oxazole rings is 1. The van der Waals surface area contributed by atoms with Crippen molar-refractivity contribution in [2.24, 2.45) is 0 Å². The Morgan fingerprint density at radius 1 is 1.25 bits per heavy atom. The first-order valence-electron chi connectivity index (χ1n) is 9.85. The van der Waals surface area contributed by atoms with Crippen LogP contribution in [0, 0.1) is 0 Å². The molecule has 28 heavy (non-hydrogen) atoms. The summed E-state index contributed by atoms with van der Waals surface area (Å²) >= 11 is 0. The molecule has 1 fully saturated rings. The average molecular weight is 381 g/mol. The van der Waals surface area contributed by atoms with Crippen LogP contribution in [0.5, 0.6) is 5.75 Å².